The number of aromatic amines is 1. The first kappa shape index (κ1) is 27.2. The number of carbonyl (C=O) groups excluding carboxylic acids is 3. The lowest BCUT2D eigenvalue weighted by Crippen LogP contribution is -2.67. The van der Waals surface area contributed by atoms with Gasteiger partial charge in [-0.25, -0.2) is 0 Å². The van der Waals surface area contributed by atoms with Crippen molar-refractivity contribution in [1.82, 2.24) is 15.1 Å². The second-order valence-electron chi connectivity index (χ2n) is 11.5. The van der Waals surface area contributed by atoms with Crippen LogP contribution in [0.4, 0.5) is 0 Å². The number of carbonyl (C=O) groups is 3. The average molecular weight is 565 g/mol. The highest BCUT2D eigenvalue weighted by Crippen LogP contribution is 2.53. The Bertz CT molecular complexity index is 1550. The summed E-state index contributed by atoms with van der Waals surface area (Å²) in [4.78, 5) is 41.8. The zero-order valence-corrected chi connectivity index (χ0v) is 22.7. The van der Waals surface area contributed by atoms with Gasteiger partial charge in [0.15, 0.2) is 11.4 Å². The lowest BCUT2D eigenvalue weighted by molar-refractivity contribution is -0.157. The highest BCUT2D eigenvalue weighted by atomic mass is 16.5. The first-order chi connectivity index (χ1) is 19.5. The summed E-state index contributed by atoms with van der Waals surface area (Å²) in [6.07, 6.45) is 0.218. The fraction of sp³-hybridized carbons (Fsp3) is 0.448. The van der Waals surface area contributed by atoms with Crippen molar-refractivity contribution in [2.24, 2.45) is 17.6 Å². The van der Waals surface area contributed by atoms with Gasteiger partial charge in [-0.3, -0.25) is 24.4 Å². The highest BCUT2D eigenvalue weighted by molar-refractivity contribution is 6.24. The fourth-order valence-electron chi connectivity index (χ4n) is 6.94. The molecule has 1 aromatic heterocycles. The summed E-state index contributed by atoms with van der Waals surface area (Å²) < 4.78 is 5.42. The van der Waals surface area contributed by atoms with Crippen LogP contribution < -0.4 is 5.73 Å². The minimum absolute atomic E-state index is 0.0256. The first-order valence-electron chi connectivity index (χ1n) is 13.7. The number of nitrogens with zero attached hydrogens (tertiary/aromatic N) is 2. The third-order valence-corrected chi connectivity index (χ3v) is 8.98. The molecule has 4 unspecified atom stereocenters. The Kier molecular flexibility index (Phi) is 6.32. The number of H-pyrrole nitrogens is 1. The van der Waals surface area contributed by atoms with E-state index in [2.05, 4.69) is 10.2 Å². The van der Waals surface area contributed by atoms with Gasteiger partial charge in [-0.15, -0.1) is 0 Å². The Morgan fingerprint density at radius 1 is 1.20 bits per heavy atom. The van der Waals surface area contributed by atoms with Crippen molar-refractivity contribution in [3.8, 4) is 17.0 Å². The van der Waals surface area contributed by atoms with E-state index in [4.69, 9.17) is 10.5 Å². The molecule has 2 heterocycles. The van der Waals surface area contributed by atoms with Gasteiger partial charge in [-0.05, 0) is 48.4 Å². The second kappa shape index (κ2) is 9.54. The maximum atomic E-state index is 14.1. The molecule has 2 fully saturated rings. The standard InChI is InChI=1S/C29H32N4O8/c1-12(2)17-11-18(32-31-17)14-3-4-19(34)21-15(14)9-13-10-16-23(33-5-7-41-8-6-33)25(36)22(28(30)39)27(38)29(16,40)26(37)20(13)24(21)35/h3-4,11-13,16,23,34-35,38,40H,5-10H2,1-2H3,(H2,30,39)(H,31,32). The predicted octanol–water partition coefficient (Wildman–Crippen LogP) is 1.25. The maximum absolute atomic E-state index is 14.1. The largest absolute Gasteiger partial charge is 0.508 e. The molecule has 0 radical (unpaired) electrons. The number of aromatic nitrogens is 2. The van der Waals surface area contributed by atoms with Crippen LogP contribution in [0.1, 0.15) is 43.0 Å². The van der Waals surface area contributed by atoms with Crippen LogP contribution in [0.5, 0.6) is 5.75 Å². The fourth-order valence-corrected chi connectivity index (χ4v) is 6.94. The summed E-state index contributed by atoms with van der Waals surface area (Å²) in [6.45, 7) is 5.25. The lowest BCUT2D eigenvalue weighted by atomic mass is 9.57. The van der Waals surface area contributed by atoms with E-state index < -0.39 is 58.0 Å². The minimum atomic E-state index is -2.68. The average Bonchev–Trinajstić information content (AvgIpc) is 3.42. The van der Waals surface area contributed by atoms with Gasteiger partial charge in [0.1, 0.15) is 22.8 Å². The number of nitrogens with one attached hydrogen (secondary N) is 1. The van der Waals surface area contributed by atoms with Crippen molar-refractivity contribution in [2.75, 3.05) is 26.3 Å². The summed E-state index contributed by atoms with van der Waals surface area (Å²) in [5.41, 5.74) is 4.53. The first-order valence-corrected chi connectivity index (χ1v) is 13.7. The Balaban J connectivity index is 1.52. The van der Waals surface area contributed by atoms with Crippen molar-refractivity contribution in [3.05, 3.63) is 51.9 Å². The molecule has 12 nitrogen and oxygen atoms in total. The number of hydrogen-bond acceptors (Lipinski definition) is 10. The smallest absolute Gasteiger partial charge is 0.255 e. The van der Waals surface area contributed by atoms with Crippen LogP contribution in [0.25, 0.3) is 17.0 Å². The number of nitrogens with two attached hydrogens (primary N) is 1. The molecule has 2 aromatic rings. The van der Waals surface area contributed by atoms with Crippen LogP contribution in [0.2, 0.25) is 0 Å². The summed E-state index contributed by atoms with van der Waals surface area (Å²) in [6, 6.07) is 3.86. The Labute approximate surface area is 235 Å². The number of Topliss-reactive ketones (excluding diaryl/α,β-unsaturated/α-hetero) is 2. The van der Waals surface area contributed by atoms with E-state index in [1.165, 1.54) is 6.07 Å². The number of fused-ring (bicyclic) bond motifs is 3. The molecule has 12 heteroatoms. The molecule has 0 bridgehead atoms. The normalized spacial score (nSPS) is 28.5. The molecule has 7 N–H and O–H groups in total. The number of hydrogen-bond donors (Lipinski definition) is 6. The van der Waals surface area contributed by atoms with E-state index in [1.807, 2.05) is 19.9 Å². The molecule has 1 saturated carbocycles. The van der Waals surface area contributed by atoms with Crippen LogP contribution in [-0.2, 0) is 25.5 Å². The molecule has 0 spiro atoms. The molecule has 1 saturated heterocycles. The van der Waals surface area contributed by atoms with Gasteiger partial charge in [0, 0.05) is 35.8 Å². The SMILES string of the molecule is CC(C)c1cc(-c2ccc(O)c3c2CC2CC4C(N5CCOCC5)C(=O)C(C(N)=O)=C(O)C4(O)C(=O)C2=C3O)n[nH]1. The molecule has 1 aliphatic heterocycles. The van der Waals surface area contributed by atoms with Crippen LogP contribution in [0.15, 0.2) is 35.1 Å². The van der Waals surface area contributed by atoms with Gasteiger partial charge in [-0.2, -0.15) is 5.10 Å². The number of aliphatic hydroxyl groups is 3. The van der Waals surface area contributed by atoms with Crippen molar-refractivity contribution < 1.29 is 39.5 Å². The number of benzene rings is 1. The summed E-state index contributed by atoms with van der Waals surface area (Å²) in [5, 5.41) is 52.7. The number of phenols is 1. The Morgan fingerprint density at radius 3 is 2.54 bits per heavy atom. The van der Waals surface area contributed by atoms with Gasteiger partial charge >= 0.3 is 0 Å². The zero-order chi connectivity index (χ0) is 29.4. The van der Waals surface area contributed by atoms with Gasteiger partial charge in [0.25, 0.3) is 5.91 Å². The number of aromatic hydroxyl groups is 1. The van der Waals surface area contributed by atoms with Crippen LogP contribution in [0.3, 0.4) is 0 Å². The molecule has 4 aliphatic rings. The van der Waals surface area contributed by atoms with Gasteiger partial charge in [-0.1, -0.05) is 13.8 Å². The van der Waals surface area contributed by atoms with Crippen LogP contribution in [0, 0.1) is 11.8 Å². The lowest BCUT2D eigenvalue weighted by Gasteiger charge is -2.51. The van der Waals surface area contributed by atoms with E-state index in [-0.39, 0.29) is 35.6 Å². The molecule has 1 amide bonds. The van der Waals surface area contributed by atoms with E-state index in [0.29, 0.717) is 43.1 Å². The quantitative estimate of drug-likeness (QED) is 0.294. The highest BCUT2D eigenvalue weighted by Gasteiger charge is 2.64. The Hall–Kier alpha value is -4.00. The van der Waals surface area contributed by atoms with Crippen molar-refractivity contribution in [3.63, 3.8) is 0 Å². The van der Waals surface area contributed by atoms with Crippen molar-refractivity contribution in [1.29, 1.82) is 0 Å². The summed E-state index contributed by atoms with van der Waals surface area (Å²) >= 11 is 0. The number of rotatable bonds is 4. The molecule has 3 aliphatic carbocycles. The topological polar surface area (TPSA) is 199 Å². The Morgan fingerprint density at radius 2 is 1.90 bits per heavy atom. The van der Waals surface area contributed by atoms with Gasteiger partial charge in [0.05, 0.1) is 30.5 Å². The molecule has 41 heavy (non-hydrogen) atoms. The van der Waals surface area contributed by atoms with Crippen LogP contribution in [-0.4, -0.2) is 90.9 Å². The zero-order valence-electron chi connectivity index (χ0n) is 22.7. The number of ketones is 2. The number of amides is 1. The van der Waals surface area contributed by atoms with E-state index >= 15 is 0 Å². The van der Waals surface area contributed by atoms with Gasteiger partial charge < -0.3 is 30.9 Å². The predicted molar refractivity (Wildman–Crippen MR) is 145 cm³/mol. The maximum Gasteiger partial charge on any atom is 0.255 e. The number of aliphatic hydroxyl groups excluding tert-OH is 2. The van der Waals surface area contributed by atoms with Crippen molar-refractivity contribution in [2.45, 2.75) is 44.2 Å². The van der Waals surface area contributed by atoms with E-state index in [9.17, 15) is 34.8 Å². The minimum Gasteiger partial charge on any atom is -0.508 e. The third kappa shape index (κ3) is 3.85. The number of morpholine rings is 1. The molecule has 6 rings (SSSR count). The molecule has 4 atom stereocenters. The van der Waals surface area contributed by atoms with E-state index in [0.717, 1.165) is 5.69 Å². The molecule has 216 valence electrons. The number of phenolic OH excluding ortho intramolecular Hbond substituents is 1. The molecule has 1 aromatic carbocycles. The molecular formula is C29H32N4O8. The second-order valence-corrected chi connectivity index (χ2v) is 11.5. The van der Waals surface area contributed by atoms with Gasteiger partial charge in [0.2, 0.25) is 5.78 Å². The van der Waals surface area contributed by atoms with Crippen LogP contribution >= 0.6 is 0 Å². The number of ether oxygens (including phenoxy) is 1. The number of primary amides is 1. The third-order valence-electron chi connectivity index (χ3n) is 8.98. The summed E-state index contributed by atoms with van der Waals surface area (Å²) in [7, 11) is 0. The monoisotopic (exact) mass is 564 g/mol. The molecular weight excluding hydrogens is 532 g/mol. The summed E-state index contributed by atoms with van der Waals surface area (Å²) in [5.74, 6) is -6.56. The van der Waals surface area contributed by atoms with Crippen molar-refractivity contribution >= 4 is 23.2 Å². The van der Waals surface area contributed by atoms with E-state index in [1.54, 1.807) is 11.0 Å².